The first kappa shape index (κ1) is 38.7. The van der Waals surface area contributed by atoms with Gasteiger partial charge in [0.05, 0.1) is 11.5 Å². The lowest BCUT2D eigenvalue weighted by molar-refractivity contribution is -0.146. The molecule has 3 amide bonds. The molecule has 0 bridgehead atoms. The largest absolute Gasteiger partial charge is 0.391 e. The van der Waals surface area contributed by atoms with Crippen molar-refractivity contribution in [3.8, 4) is 0 Å². The minimum Gasteiger partial charge on any atom is -0.391 e. The molecule has 2 N–H and O–H groups in total. The van der Waals surface area contributed by atoms with Crippen molar-refractivity contribution in [2.45, 2.75) is 109 Å². The highest BCUT2D eigenvalue weighted by Crippen LogP contribution is 2.44. The van der Waals surface area contributed by atoms with Crippen molar-refractivity contribution in [2.75, 3.05) is 39.3 Å². The monoisotopic (exact) mass is 720 g/mol. The molecule has 284 valence electrons. The summed E-state index contributed by atoms with van der Waals surface area (Å²) in [6, 6.07) is 24.4. The van der Waals surface area contributed by atoms with E-state index in [1.165, 1.54) is 16.7 Å². The van der Waals surface area contributed by atoms with E-state index in [2.05, 4.69) is 111 Å². The van der Waals surface area contributed by atoms with Crippen LogP contribution < -0.4 is 5.32 Å². The molecule has 0 aromatic heterocycles. The van der Waals surface area contributed by atoms with Crippen molar-refractivity contribution >= 4 is 17.7 Å². The lowest BCUT2D eigenvalue weighted by Gasteiger charge is -2.38. The molecule has 4 atom stereocenters. The first-order valence-electron chi connectivity index (χ1n) is 20.3. The van der Waals surface area contributed by atoms with E-state index in [1.54, 1.807) is 9.80 Å². The Morgan fingerprint density at radius 3 is 1.74 bits per heavy atom. The fraction of sp³-hybridized carbons (Fsp3) is 0.533. The molecular weight excluding hydrogens is 661 g/mol. The second kappa shape index (κ2) is 17.4. The molecule has 8 heteroatoms. The average molecular weight is 721 g/mol. The van der Waals surface area contributed by atoms with E-state index in [0.29, 0.717) is 25.4 Å². The van der Waals surface area contributed by atoms with E-state index >= 15 is 0 Å². The number of aliphatic hydroxyl groups is 1. The van der Waals surface area contributed by atoms with Gasteiger partial charge < -0.3 is 25.1 Å². The number of benzene rings is 3. The van der Waals surface area contributed by atoms with Gasteiger partial charge in [-0.15, -0.1) is 0 Å². The summed E-state index contributed by atoms with van der Waals surface area (Å²) in [5.41, 5.74) is 5.84. The predicted molar refractivity (Wildman–Crippen MR) is 211 cm³/mol. The average Bonchev–Trinajstić information content (AvgIpc) is 3.86. The summed E-state index contributed by atoms with van der Waals surface area (Å²) in [4.78, 5) is 48.7. The lowest BCUT2D eigenvalue weighted by atomic mass is 9.66. The zero-order valence-corrected chi connectivity index (χ0v) is 32.4. The number of β-amino-alcohol motifs (C(OH)–C–C–N with tert-alkyl or cyclic N) is 1. The highest BCUT2D eigenvalue weighted by Gasteiger charge is 2.47. The number of piperidine rings is 1. The zero-order valence-electron chi connectivity index (χ0n) is 32.4. The van der Waals surface area contributed by atoms with E-state index in [4.69, 9.17) is 0 Å². The van der Waals surface area contributed by atoms with E-state index in [-0.39, 0.29) is 37.1 Å². The van der Waals surface area contributed by atoms with Crippen LogP contribution in [-0.2, 0) is 39.1 Å². The maximum atomic E-state index is 14.9. The Kier molecular flexibility index (Phi) is 12.7. The van der Waals surface area contributed by atoms with Crippen LogP contribution in [0.3, 0.4) is 0 Å². The standard InChI is InChI=1S/C45H60N4O4/c1-5-32-13-19-36(20-14-32)45(37-21-15-33(6-2)16-22-37,38-23-17-34(7-3)18-24-38)28-42(51)49-31-39(50)27-41(49)44(53)48-26-10-12-40(48)43(52)46-29-35-11-9-25-47(8-4)30-35/h13-24,35,39-41,50H,5-12,25-31H2,1-4H3,(H,46,52)/t35-,39-,40?,41+/m1/s1. The van der Waals surface area contributed by atoms with Crippen LogP contribution in [0.4, 0.5) is 0 Å². The van der Waals surface area contributed by atoms with Crippen molar-refractivity contribution < 1.29 is 19.5 Å². The van der Waals surface area contributed by atoms with E-state index in [9.17, 15) is 19.5 Å². The van der Waals surface area contributed by atoms with Crippen LogP contribution in [0.1, 0.15) is 99.6 Å². The lowest BCUT2D eigenvalue weighted by Crippen LogP contribution is -2.54. The van der Waals surface area contributed by atoms with E-state index in [1.807, 2.05) is 0 Å². The van der Waals surface area contributed by atoms with Crippen LogP contribution in [0.25, 0.3) is 0 Å². The summed E-state index contributed by atoms with van der Waals surface area (Å²) in [6.45, 7) is 12.9. The number of rotatable bonds is 13. The van der Waals surface area contributed by atoms with Crippen LogP contribution in [-0.4, -0.2) is 95.0 Å². The van der Waals surface area contributed by atoms with E-state index < -0.39 is 23.6 Å². The van der Waals surface area contributed by atoms with Crippen LogP contribution in [0.5, 0.6) is 0 Å². The number of aliphatic hydroxyl groups excluding tert-OH is 1. The Labute approximate surface area is 316 Å². The SMILES string of the molecule is CCc1ccc(C(CC(=O)N2C[C@H](O)C[C@H]2C(=O)N2CCCC2C(=O)NC[C@H]2CCCN(CC)C2)(c2ccc(CC)cc2)c2ccc(CC)cc2)cc1. The minimum absolute atomic E-state index is 0.0873. The maximum absolute atomic E-state index is 14.9. The quantitative estimate of drug-likeness (QED) is 0.215. The molecule has 0 radical (unpaired) electrons. The smallest absolute Gasteiger partial charge is 0.246 e. The molecule has 6 rings (SSSR count). The number of amides is 3. The van der Waals surface area contributed by atoms with Gasteiger partial charge in [-0.1, -0.05) is 100 Å². The summed E-state index contributed by atoms with van der Waals surface area (Å²) in [6.07, 6.45) is 5.73. The van der Waals surface area contributed by atoms with Crippen LogP contribution in [0, 0.1) is 5.92 Å². The number of carbonyl (C=O) groups excluding carboxylic acids is 3. The number of hydrogen-bond donors (Lipinski definition) is 2. The molecule has 3 aliphatic heterocycles. The second-order valence-electron chi connectivity index (χ2n) is 15.5. The fourth-order valence-corrected chi connectivity index (χ4v) is 9.00. The highest BCUT2D eigenvalue weighted by molar-refractivity contribution is 5.93. The fourth-order valence-electron chi connectivity index (χ4n) is 9.00. The minimum atomic E-state index is -0.842. The Hall–Kier alpha value is -4.01. The third kappa shape index (κ3) is 8.39. The Balaban J connectivity index is 1.29. The second-order valence-corrected chi connectivity index (χ2v) is 15.5. The topological polar surface area (TPSA) is 93.2 Å². The molecule has 53 heavy (non-hydrogen) atoms. The molecule has 3 aromatic carbocycles. The van der Waals surface area contributed by atoms with Gasteiger partial charge in [0.15, 0.2) is 0 Å². The molecule has 3 aliphatic rings. The van der Waals surface area contributed by atoms with Gasteiger partial charge in [0.2, 0.25) is 17.7 Å². The number of carbonyl (C=O) groups is 3. The third-order valence-electron chi connectivity index (χ3n) is 12.3. The van der Waals surface area contributed by atoms with E-state index in [0.717, 1.165) is 74.8 Å². The normalized spacial score (nSPS) is 22.3. The van der Waals surface area contributed by atoms with Crippen molar-refractivity contribution in [3.63, 3.8) is 0 Å². The molecular formula is C45H60N4O4. The van der Waals surface area contributed by atoms with Crippen molar-refractivity contribution in [2.24, 2.45) is 5.92 Å². The summed E-state index contributed by atoms with van der Waals surface area (Å²) in [5, 5.41) is 14.2. The summed E-state index contributed by atoms with van der Waals surface area (Å²) >= 11 is 0. The molecule has 3 heterocycles. The van der Waals surface area contributed by atoms with Crippen LogP contribution >= 0.6 is 0 Å². The van der Waals surface area contributed by atoms with Gasteiger partial charge >= 0.3 is 0 Å². The number of likely N-dealkylation sites (tertiary alicyclic amines) is 3. The van der Waals surface area contributed by atoms with Gasteiger partial charge in [-0.05, 0) is 97.3 Å². The van der Waals surface area contributed by atoms with Gasteiger partial charge in [0.1, 0.15) is 12.1 Å². The van der Waals surface area contributed by atoms with Gasteiger partial charge in [0, 0.05) is 39.0 Å². The van der Waals surface area contributed by atoms with Crippen LogP contribution in [0.15, 0.2) is 72.8 Å². The van der Waals surface area contributed by atoms with Crippen molar-refractivity contribution in [3.05, 3.63) is 106 Å². The molecule has 1 unspecified atom stereocenters. The molecule has 3 aromatic rings. The van der Waals surface area contributed by atoms with Gasteiger partial charge in [-0.3, -0.25) is 14.4 Å². The molecule has 3 saturated heterocycles. The molecule has 8 nitrogen and oxygen atoms in total. The summed E-state index contributed by atoms with van der Waals surface area (Å²) in [7, 11) is 0. The predicted octanol–water partition coefficient (Wildman–Crippen LogP) is 5.90. The van der Waals surface area contributed by atoms with Crippen LogP contribution in [0.2, 0.25) is 0 Å². The molecule has 0 saturated carbocycles. The third-order valence-corrected chi connectivity index (χ3v) is 12.3. The highest BCUT2D eigenvalue weighted by atomic mass is 16.3. The van der Waals surface area contributed by atoms with Crippen molar-refractivity contribution in [1.82, 2.24) is 20.0 Å². The van der Waals surface area contributed by atoms with Gasteiger partial charge in [-0.25, -0.2) is 0 Å². The number of aryl methyl sites for hydroxylation is 3. The summed E-state index contributed by atoms with van der Waals surface area (Å²) < 4.78 is 0. The Morgan fingerprint density at radius 2 is 1.23 bits per heavy atom. The number of nitrogens with zero attached hydrogens (tertiary/aromatic N) is 3. The van der Waals surface area contributed by atoms with Crippen molar-refractivity contribution in [1.29, 1.82) is 0 Å². The first-order chi connectivity index (χ1) is 25.7. The van der Waals surface area contributed by atoms with Gasteiger partial charge in [-0.2, -0.15) is 0 Å². The first-order valence-corrected chi connectivity index (χ1v) is 20.3. The van der Waals surface area contributed by atoms with Gasteiger partial charge in [0.25, 0.3) is 0 Å². The molecule has 3 fully saturated rings. The maximum Gasteiger partial charge on any atom is 0.246 e. The summed E-state index contributed by atoms with van der Waals surface area (Å²) in [5.74, 6) is -0.121. The number of nitrogens with one attached hydrogen (secondary N) is 1. The zero-order chi connectivity index (χ0) is 37.5. The molecule has 0 aliphatic carbocycles. The Morgan fingerprint density at radius 1 is 0.698 bits per heavy atom. The number of hydrogen-bond acceptors (Lipinski definition) is 5. The molecule has 0 spiro atoms. The Bertz CT molecular complexity index is 1570.